The van der Waals surface area contributed by atoms with Crippen molar-refractivity contribution >= 4 is 11.6 Å². The van der Waals surface area contributed by atoms with Crippen LogP contribution in [0, 0.1) is 0 Å². The number of hydrogen-bond donors (Lipinski definition) is 1. The fourth-order valence-corrected chi connectivity index (χ4v) is 2.00. The summed E-state index contributed by atoms with van der Waals surface area (Å²) in [7, 11) is 0. The predicted octanol–water partition coefficient (Wildman–Crippen LogP) is 4.42. The van der Waals surface area contributed by atoms with Gasteiger partial charge in [0.2, 0.25) is 0 Å². The molecule has 0 radical (unpaired) electrons. The Morgan fingerprint density at radius 2 is 1.45 bits per heavy atom. The van der Waals surface area contributed by atoms with Crippen LogP contribution in [0.4, 0.5) is 0 Å². The summed E-state index contributed by atoms with van der Waals surface area (Å²) in [6, 6.07) is 16.1. The Kier molecular flexibility index (Phi) is 5.90. The van der Waals surface area contributed by atoms with E-state index in [0.29, 0.717) is 0 Å². The highest BCUT2D eigenvalue weighted by Crippen LogP contribution is 2.13. The van der Waals surface area contributed by atoms with Gasteiger partial charge in [-0.3, -0.25) is 0 Å². The number of halogens is 1. The van der Waals surface area contributed by atoms with Gasteiger partial charge in [-0.2, -0.15) is 0 Å². The van der Waals surface area contributed by atoms with Crippen LogP contribution >= 0.6 is 11.6 Å². The second kappa shape index (κ2) is 7.93. The first-order valence-electron chi connectivity index (χ1n) is 6.95. The van der Waals surface area contributed by atoms with Gasteiger partial charge in [0, 0.05) is 18.1 Å². The summed E-state index contributed by atoms with van der Waals surface area (Å²) in [5.74, 6) is 0.938. The second-order valence-electron chi connectivity index (χ2n) is 4.72. The van der Waals surface area contributed by atoms with Crippen molar-refractivity contribution in [2.45, 2.75) is 26.4 Å². The monoisotopic (exact) mass is 289 g/mol. The topological polar surface area (TPSA) is 21.3 Å². The van der Waals surface area contributed by atoms with Crippen LogP contribution in [-0.4, -0.2) is 6.61 Å². The van der Waals surface area contributed by atoms with Crippen molar-refractivity contribution in [1.29, 1.82) is 0 Å². The van der Waals surface area contributed by atoms with Gasteiger partial charge in [0.25, 0.3) is 0 Å². The first-order valence-corrected chi connectivity index (χ1v) is 7.32. The van der Waals surface area contributed by atoms with Gasteiger partial charge >= 0.3 is 0 Å². The molecule has 0 unspecified atom stereocenters. The molecule has 2 rings (SSSR count). The maximum absolute atomic E-state index is 5.86. The zero-order chi connectivity index (χ0) is 14.2. The summed E-state index contributed by atoms with van der Waals surface area (Å²) >= 11 is 5.86. The first kappa shape index (κ1) is 14.9. The Balaban J connectivity index is 1.77. The Morgan fingerprint density at radius 3 is 2.00 bits per heavy atom. The van der Waals surface area contributed by atoms with E-state index in [1.54, 1.807) is 0 Å². The molecule has 0 heterocycles. The van der Waals surface area contributed by atoms with Crippen molar-refractivity contribution in [2.75, 3.05) is 6.61 Å². The molecule has 0 aromatic heterocycles. The molecule has 0 saturated heterocycles. The zero-order valence-corrected chi connectivity index (χ0v) is 12.5. The fourth-order valence-electron chi connectivity index (χ4n) is 1.88. The Morgan fingerprint density at radius 1 is 0.900 bits per heavy atom. The smallest absolute Gasteiger partial charge is 0.119 e. The summed E-state index contributed by atoms with van der Waals surface area (Å²) in [5.41, 5.74) is 2.49. The molecule has 0 amide bonds. The average molecular weight is 290 g/mol. The Hall–Kier alpha value is -1.51. The van der Waals surface area contributed by atoms with E-state index in [9.17, 15) is 0 Å². The molecule has 106 valence electrons. The van der Waals surface area contributed by atoms with Gasteiger partial charge < -0.3 is 10.1 Å². The lowest BCUT2D eigenvalue weighted by molar-refractivity contribution is 0.317. The highest BCUT2D eigenvalue weighted by Gasteiger charge is 1.97. The van der Waals surface area contributed by atoms with E-state index >= 15 is 0 Å². The molecular formula is C17H20ClNO. The number of hydrogen-bond acceptors (Lipinski definition) is 2. The largest absolute Gasteiger partial charge is 0.494 e. The summed E-state index contributed by atoms with van der Waals surface area (Å²) in [6.07, 6.45) is 1.03. The van der Waals surface area contributed by atoms with Crippen molar-refractivity contribution in [2.24, 2.45) is 0 Å². The van der Waals surface area contributed by atoms with Crippen LogP contribution in [0.15, 0.2) is 48.5 Å². The van der Waals surface area contributed by atoms with E-state index in [-0.39, 0.29) is 0 Å². The van der Waals surface area contributed by atoms with E-state index in [1.165, 1.54) is 11.1 Å². The third-order valence-electron chi connectivity index (χ3n) is 2.97. The van der Waals surface area contributed by atoms with E-state index in [2.05, 4.69) is 24.4 Å². The van der Waals surface area contributed by atoms with Crippen LogP contribution in [0.25, 0.3) is 0 Å². The molecule has 1 N–H and O–H groups in total. The molecule has 2 aromatic rings. The van der Waals surface area contributed by atoms with Gasteiger partial charge in [-0.1, -0.05) is 42.8 Å². The number of benzene rings is 2. The molecule has 20 heavy (non-hydrogen) atoms. The van der Waals surface area contributed by atoms with Crippen LogP contribution < -0.4 is 10.1 Å². The lowest BCUT2D eigenvalue weighted by atomic mass is 10.2. The van der Waals surface area contributed by atoms with Crippen molar-refractivity contribution < 1.29 is 4.74 Å². The van der Waals surface area contributed by atoms with Gasteiger partial charge in [0.15, 0.2) is 0 Å². The third kappa shape index (κ3) is 4.87. The summed E-state index contributed by atoms with van der Waals surface area (Å²) in [4.78, 5) is 0. The lowest BCUT2D eigenvalue weighted by Crippen LogP contribution is -2.12. The maximum Gasteiger partial charge on any atom is 0.119 e. The van der Waals surface area contributed by atoms with Crippen molar-refractivity contribution in [3.8, 4) is 5.75 Å². The first-order chi connectivity index (χ1) is 9.78. The zero-order valence-electron chi connectivity index (χ0n) is 11.7. The Bertz CT molecular complexity index is 508. The molecule has 2 nitrogen and oxygen atoms in total. The van der Waals surface area contributed by atoms with Crippen LogP contribution in [-0.2, 0) is 13.1 Å². The third-order valence-corrected chi connectivity index (χ3v) is 3.22. The molecule has 2 aromatic carbocycles. The van der Waals surface area contributed by atoms with Gasteiger partial charge in [-0.25, -0.2) is 0 Å². The lowest BCUT2D eigenvalue weighted by Gasteiger charge is -2.07. The SMILES string of the molecule is CCCOc1ccc(CNCc2ccc(Cl)cc2)cc1. The van der Waals surface area contributed by atoms with Gasteiger partial charge in [-0.15, -0.1) is 0 Å². The molecule has 0 aliphatic rings. The summed E-state index contributed by atoms with van der Waals surface area (Å²) in [5, 5.41) is 4.19. The molecule has 0 aliphatic heterocycles. The molecule has 3 heteroatoms. The van der Waals surface area contributed by atoms with Crippen LogP contribution in [0.1, 0.15) is 24.5 Å². The van der Waals surface area contributed by atoms with Crippen molar-refractivity contribution in [3.05, 3.63) is 64.7 Å². The molecule has 0 saturated carbocycles. The van der Waals surface area contributed by atoms with Crippen molar-refractivity contribution in [1.82, 2.24) is 5.32 Å². The molecule has 0 aliphatic carbocycles. The van der Waals surface area contributed by atoms with Crippen LogP contribution in [0.3, 0.4) is 0 Å². The van der Waals surface area contributed by atoms with Gasteiger partial charge in [0.1, 0.15) is 5.75 Å². The molecule has 0 spiro atoms. The summed E-state index contributed by atoms with van der Waals surface area (Å²) < 4.78 is 5.56. The Labute approximate surface area is 125 Å². The van der Waals surface area contributed by atoms with Crippen LogP contribution in [0.5, 0.6) is 5.75 Å². The molecule has 0 bridgehead atoms. The van der Waals surface area contributed by atoms with E-state index in [0.717, 1.165) is 36.9 Å². The standard InChI is InChI=1S/C17H20ClNO/c1-2-11-20-17-9-5-15(6-10-17)13-19-12-14-3-7-16(18)8-4-14/h3-10,19H,2,11-13H2,1H3. The number of nitrogens with one attached hydrogen (secondary N) is 1. The second-order valence-corrected chi connectivity index (χ2v) is 5.16. The average Bonchev–Trinajstić information content (AvgIpc) is 2.48. The highest BCUT2D eigenvalue weighted by atomic mass is 35.5. The minimum atomic E-state index is 0.772. The molecule has 0 fully saturated rings. The molecular weight excluding hydrogens is 270 g/mol. The molecule has 0 atom stereocenters. The van der Waals surface area contributed by atoms with Crippen LogP contribution in [0.2, 0.25) is 5.02 Å². The minimum Gasteiger partial charge on any atom is -0.494 e. The number of rotatable bonds is 7. The normalized spacial score (nSPS) is 10.5. The minimum absolute atomic E-state index is 0.772. The van der Waals surface area contributed by atoms with E-state index < -0.39 is 0 Å². The fraction of sp³-hybridized carbons (Fsp3) is 0.294. The quantitative estimate of drug-likeness (QED) is 0.815. The van der Waals surface area contributed by atoms with E-state index in [4.69, 9.17) is 16.3 Å². The summed E-state index contributed by atoms with van der Waals surface area (Å²) in [6.45, 7) is 4.56. The number of ether oxygens (including phenoxy) is 1. The van der Waals surface area contributed by atoms with E-state index in [1.807, 2.05) is 36.4 Å². The highest BCUT2D eigenvalue weighted by molar-refractivity contribution is 6.30. The van der Waals surface area contributed by atoms with Crippen molar-refractivity contribution in [3.63, 3.8) is 0 Å². The predicted molar refractivity (Wildman–Crippen MR) is 84.2 cm³/mol. The van der Waals surface area contributed by atoms with Gasteiger partial charge in [0.05, 0.1) is 6.61 Å². The maximum atomic E-state index is 5.86. The van der Waals surface area contributed by atoms with Gasteiger partial charge in [-0.05, 0) is 41.8 Å².